The summed E-state index contributed by atoms with van der Waals surface area (Å²) < 4.78 is 0. The molecule has 2 amide bonds. The smallest absolute Gasteiger partial charge is 0.326 e. The first-order valence-electron chi connectivity index (χ1n) is 6.42. The molecule has 5 nitrogen and oxygen atoms in total. The highest BCUT2D eigenvalue weighted by molar-refractivity contribution is 7.98. The van der Waals surface area contributed by atoms with Gasteiger partial charge in [-0.3, -0.25) is 0 Å². The topological polar surface area (TPSA) is 78.4 Å². The number of hydrogen-bond acceptors (Lipinski definition) is 3. The average molecular weight is 296 g/mol. The van der Waals surface area contributed by atoms with Crippen LogP contribution >= 0.6 is 11.8 Å². The predicted molar refractivity (Wildman–Crippen MR) is 81.3 cm³/mol. The summed E-state index contributed by atoms with van der Waals surface area (Å²) in [5.74, 6) is -1.15. The molecule has 6 heteroatoms. The molecule has 0 fully saturated rings. The van der Waals surface area contributed by atoms with Crippen LogP contribution in [0.1, 0.15) is 20.3 Å². The molecule has 0 radical (unpaired) electrons. The van der Waals surface area contributed by atoms with Gasteiger partial charge in [0.1, 0.15) is 6.04 Å². The zero-order valence-electron chi connectivity index (χ0n) is 11.8. The Bertz CT molecular complexity index is 462. The summed E-state index contributed by atoms with van der Waals surface area (Å²) in [7, 11) is 0. The number of benzene rings is 1. The molecule has 0 aliphatic rings. The normalized spacial score (nSPS) is 13.3. The minimum atomic E-state index is -1.02. The molecule has 0 saturated heterocycles. The third kappa shape index (κ3) is 4.77. The van der Waals surface area contributed by atoms with E-state index >= 15 is 0 Å². The molecule has 0 spiro atoms. The molecule has 0 bridgehead atoms. The maximum atomic E-state index is 11.8. The number of hydrogen-bond donors (Lipinski definition) is 3. The van der Waals surface area contributed by atoms with Crippen molar-refractivity contribution < 1.29 is 14.7 Å². The maximum absolute atomic E-state index is 11.8. The summed E-state index contributed by atoms with van der Waals surface area (Å²) in [5.41, 5.74) is 0.633. The van der Waals surface area contributed by atoms with Crippen molar-refractivity contribution in [3.05, 3.63) is 24.3 Å². The maximum Gasteiger partial charge on any atom is 0.326 e. The number of amides is 2. The highest BCUT2D eigenvalue weighted by atomic mass is 32.2. The van der Waals surface area contributed by atoms with E-state index in [0.29, 0.717) is 12.1 Å². The Morgan fingerprint density at radius 2 is 1.90 bits per heavy atom. The highest BCUT2D eigenvalue weighted by Crippen LogP contribution is 2.17. The molecule has 110 valence electrons. The number of anilines is 1. The monoisotopic (exact) mass is 296 g/mol. The summed E-state index contributed by atoms with van der Waals surface area (Å²) in [6.45, 7) is 3.69. The molecule has 0 aromatic heterocycles. The SMILES string of the molecule is CCC(C)[C@H](NC(=O)Nc1ccc(SC)cc1)C(=O)O. The summed E-state index contributed by atoms with van der Waals surface area (Å²) in [6.07, 6.45) is 2.65. The summed E-state index contributed by atoms with van der Waals surface area (Å²) in [6, 6.07) is 5.96. The van der Waals surface area contributed by atoms with Gasteiger partial charge in [-0.25, -0.2) is 9.59 Å². The molecule has 1 unspecified atom stereocenters. The van der Waals surface area contributed by atoms with Crippen molar-refractivity contribution >= 4 is 29.4 Å². The van der Waals surface area contributed by atoms with E-state index < -0.39 is 18.0 Å². The van der Waals surface area contributed by atoms with E-state index in [0.717, 1.165) is 4.90 Å². The van der Waals surface area contributed by atoms with Crippen LogP contribution in [-0.4, -0.2) is 29.4 Å². The van der Waals surface area contributed by atoms with Gasteiger partial charge >= 0.3 is 12.0 Å². The number of urea groups is 1. The van der Waals surface area contributed by atoms with Gasteiger partial charge in [-0.1, -0.05) is 20.3 Å². The molecular weight excluding hydrogens is 276 g/mol. The Kier molecular flexibility index (Phi) is 6.38. The van der Waals surface area contributed by atoms with E-state index in [1.54, 1.807) is 30.8 Å². The molecule has 1 rings (SSSR count). The Morgan fingerprint density at radius 1 is 1.30 bits per heavy atom. The molecule has 0 heterocycles. The Labute approximate surface area is 123 Å². The van der Waals surface area contributed by atoms with Crippen LogP contribution in [-0.2, 0) is 4.79 Å². The second-order valence-electron chi connectivity index (χ2n) is 4.53. The molecule has 2 atom stereocenters. The fourth-order valence-electron chi connectivity index (χ4n) is 1.67. The molecular formula is C14H20N2O3S. The van der Waals surface area contributed by atoms with Gasteiger partial charge in [-0.2, -0.15) is 0 Å². The van der Waals surface area contributed by atoms with Crippen molar-refractivity contribution in [3.63, 3.8) is 0 Å². The van der Waals surface area contributed by atoms with E-state index in [1.807, 2.05) is 25.3 Å². The summed E-state index contributed by atoms with van der Waals surface area (Å²) >= 11 is 1.61. The van der Waals surface area contributed by atoms with Gasteiger partial charge < -0.3 is 15.7 Å². The van der Waals surface area contributed by atoms with E-state index in [4.69, 9.17) is 5.11 Å². The zero-order valence-corrected chi connectivity index (χ0v) is 12.7. The van der Waals surface area contributed by atoms with Crippen LogP contribution in [0.25, 0.3) is 0 Å². The van der Waals surface area contributed by atoms with E-state index in [2.05, 4.69) is 10.6 Å². The standard InChI is InChI=1S/C14H20N2O3S/c1-4-9(2)12(13(17)18)16-14(19)15-10-5-7-11(20-3)8-6-10/h5-9,12H,4H2,1-3H3,(H,17,18)(H2,15,16,19)/t9?,12-/m0/s1. The van der Waals surface area contributed by atoms with Crippen LogP contribution in [0.15, 0.2) is 29.2 Å². The lowest BCUT2D eigenvalue weighted by Gasteiger charge is -2.20. The number of aliphatic carboxylic acids is 1. The van der Waals surface area contributed by atoms with E-state index in [1.165, 1.54) is 0 Å². The number of thioether (sulfide) groups is 1. The van der Waals surface area contributed by atoms with Crippen molar-refractivity contribution in [1.82, 2.24) is 5.32 Å². The molecule has 20 heavy (non-hydrogen) atoms. The fourth-order valence-corrected chi connectivity index (χ4v) is 2.07. The van der Waals surface area contributed by atoms with Gasteiger partial charge in [0, 0.05) is 10.6 Å². The van der Waals surface area contributed by atoms with Crippen molar-refractivity contribution in [1.29, 1.82) is 0 Å². The van der Waals surface area contributed by atoms with E-state index in [-0.39, 0.29) is 5.92 Å². The zero-order chi connectivity index (χ0) is 15.1. The lowest BCUT2D eigenvalue weighted by atomic mass is 9.99. The van der Waals surface area contributed by atoms with Gasteiger partial charge in [-0.15, -0.1) is 11.8 Å². The Balaban J connectivity index is 2.63. The number of rotatable bonds is 6. The van der Waals surface area contributed by atoms with Gasteiger partial charge in [-0.05, 0) is 36.4 Å². The lowest BCUT2D eigenvalue weighted by Crippen LogP contribution is -2.46. The van der Waals surface area contributed by atoms with E-state index in [9.17, 15) is 9.59 Å². The number of nitrogens with one attached hydrogen (secondary N) is 2. The van der Waals surface area contributed by atoms with Crippen LogP contribution in [0, 0.1) is 5.92 Å². The van der Waals surface area contributed by atoms with Crippen LogP contribution in [0.4, 0.5) is 10.5 Å². The first kappa shape index (κ1) is 16.4. The number of carbonyl (C=O) groups excluding carboxylic acids is 1. The lowest BCUT2D eigenvalue weighted by molar-refractivity contribution is -0.140. The Hall–Kier alpha value is -1.69. The molecule has 1 aromatic carbocycles. The first-order valence-corrected chi connectivity index (χ1v) is 7.64. The number of carboxylic acids is 1. The van der Waals surface area contributed by atoms with Gasteiger partial charge in [0.25, 0.3) is 0 Å². The molecule has 0 aliphatic heterocycles. The second kappa shape index (κ2) is 7.79. The predicted octanol–water partition coefficient (Wildman–Crippen LogP) is 3.03. The van der Waals surface area contributed by atoms with Crippen molar-refractivity contribution in [3.8, 4) is 0 Å². The first-order chi connectivity index (χ1) is 9.47. The van der Waals surface area contributed by atoms with Crippen LogP contribution in [0.5, 0.6) is 0 Å². The van der Waals surface area contributed by atoms with Crippen molar-refractivity contribution in [2.24, 2.45) is 5.92 Å². The van der Waals surface area contributed by atoms with Crippen molar-refractivity contribution in [2.45, 2.75) is 31.2 Å². The van der Waals surface area contributed by atoms with Crippen LogP contribution < -0.4 is 10.6 Å². The van der Waals surface area contributed by atoms with Crippen LogP contribution in [0.3, 0.4) is 0 Å². The molecule has 1 aromatic rings. The third-order valence-corrected chi connectivity index (χ3v) is 3.86. The Morgan fingerprint density at radius 3 is 2.35 bits per heavy atom. The largest absolute Gasteiger partial charge is 0.480 e. The second-order valence-corrected chi connectivity index (χ2v) is 5.41. The minimum absolute atomic E-state index is 0.128. The quantitative estimate of drug-likeness (QED) is 0.705. The van der Waals surface area contributed by atoms with Gasteiger partial charge in [0.05, 0.1) is 0 Å². The van der Waals surface area contributed by atoms with Gasteiger partial charge in [0.2, 0.25) is 0 Å². The average Bonchev–Trinajstić information content (AvgIpc) is 2.44. The molecule has 3 N–H and O–H groups in total. The summed E-state index contributed by atoms with van der Waals surface area (Å²) in [4.78, 5) is 24.0. The number of carbonyl (C=O) groups is 2. The number of carboxylic acid groups (broad SMARTS) is 1. The highest BCUT2D eigenvalue weighted by Gasteiger charge is 2.25. The summed E-state index contributed by atoms with van der Waals surface area (Å²) in [5, 5.41) is 14.2. The molecule has 0 aliphatic carbocycles. The van der Waals surface area contributed by atoms with Crippen LogP contribution in [0.2, 0.25) is 0 Å². The minimum Gasteiger partial charge on any atom is -0.480 e. The molecule has 0 saturated carbocycles. The van der Waals surface area contributed by atoms with Gasteiger partial charge in [0.15, 0.2) is 0 Å². The third-order valence-electron chi connectivity index (χ3n) is 3.11. The fraction of sp³-hybridized carbons (Fsp3) is 0.429. The van der Waals surface area contributed by atoms with Crippen molar-refractivity contribution in [2.75, 3.05) is 11.6 Å².